The molecule has 0 aromatic carbocycles. The van der Waals surface area contributed by atoms with Crippen LogP contribution in [0.5, 0.6) is 0 Å². The molecule has 0 radical (unpaired) electrons. The Morgan fingerprint density at radius 2 is 0.575 bits per heavy atom. The molecule has 4 aliphatic rings. The van der Waals surface area contributed by atoms with Crippen LogP contribution < -0.4 is 21.3 Å². The van der Waals surface area contributed by atoms with Crippen LogP contribution in [0, 0.1) is 23.3 Å². The van der Waals surface area contributed by atoms with Crippen molar-refractivity contribution in [3.63, 3.8) is 0 Å². The second kappa shape index (κ2) is 40.6. The summed E-state index contributed by atoms with van der Waals surface area (Å²) in [5.41, 5.74) is 17.1. The molecule has 33 nitrogen and oxygen atoms in total. The molecule has 2 unspecified atom stereocenters. The lowest BCUT2D eigenvalue weighted by molar-refractivity contribution is -0.119. The van der Waals surface area contributed by atoms with Crippen LogP contribution in [0.2, 0.25) is 0 Å². The Bertz CT molecular complexity index is 6060. The minimum atomic E-state index is -0.512. The van der Waals surface area contributed by atoms with Crippen LogP contribution in [-0.4, -0.2) is 168 Å². The molecule has 127 heavy (non-hydrogen) atoms. The predicted molar refractivity (Wildman–Crippen MR) is 479 cm³/mol. The van der Waals surface area contributed by atoms with Gasteiger partial charge in [-0.25, -0.2) is 77.4 Å². The van der Waals surface area contributed by atoms with E-state index in [1.165, 1.54) is 55.4 Å². The third-order valence-electron chi connectivity index (χ3n) is 21.5. The summed E-state index contributed by atoms with van der Waals surface area (Å²) in [6.07, 6.45) is 40.1. The lowest BCUT2D eigenvalue weighted by Crippen LogP contribution is -2.38. The minimum absolute atomic E-state index is 0. The second-order valence-electron chi connectivity index (χ2n) is 31.3. The van der Waals surface area contributed by atoms with Crippen molar-refractivity contribution in [1.29, 1.82) is 0 Å². The van der Waals surface area contributed by atoms with E-state index in [1.807, 2.05) is 51.0 Å². The summed E-state index contributed by atoms with van der Waals surface area (Å²) in [4.78, 5) is 99.6. The molecule has 0 aliphatic heterocycles. The number of anilines is 4. The number of rotatable bonds is 16. The van der Waals surface area contributed by atoms with Crippen molar-refractivity contribution in [2.24, 2.45) is 0 Å². The topological polar surface area (TPSA) is 392 Å². The molecule has 16 heterocycles. The number of Topliss-reactive ketones (excluding diaryl/α,β-unsaturated/α-hetero) is 1. The van der Waals surface area contributed by atoms with Crippen molar-refractivity contribution in [2.75, 3.05) is 21.3 Å². The number of fused-ring (bicyclic) bond motifs is 8. The van der Waals surface area contributed by atoms with Gasteiger partial charge in [-0.1, -0.05) is 99.9 Å². The third-order valence-corrected chi connectivity index (χ3v) is 21.5. The fourth-order valence-electron chi connectivity index (χ4n) is 15.1. The molecule has 0 spiro atoms. The number of hydrogen-bond acceptors (Lipinski definition) is 29. The first-order chi connectivity index (χ1) is 58.7. The van der Waals surface area contributed by atoms with Crippen LogP contribution >= 0.6 is 0 Å². The Morgan fingerprint density at radius 1 is 0.315 bits per heavy atom. The maximum absolute atomic E-state index is 13.8. The van der Waals surface area contributed by atoms with Crippen LogP contribution in [0.4, 0.5) is 41.4 Å². The first-order valence-corrected chi connectivity index (χ1v) is 39.9. The highest BCUT2D eigenvalue weighted by atomic mass is 19.1. The molecule has 16 aromatic heterocycles. The van der Waals surface area contributed by atoms with Gasteiger partial charge in [0.15, 0.2) is 51.7 Å². The molecule has 0 bridgehead atoms. The monoisotopic (exact) mass is 1730 g/mol. The van der Waals surface area contributed by atoms with Crippen molar-refractivity contribution in [1.82, 2.24) is 138 Å². The van der Waals surface area contributed by atoms with Gasteiger partial charge < -0.3 is 21.3 Å². The molecule has 660 valence electrons. The van der Waals surface area contributed by atoms with Gasteiger partial charge in [-0.3, -0.25) is 24.7 Å². The van der Waals surface area contributed by atoms with Gasteiger partial charge in [0, 0.05) is 136 Å². The van der Waals surface area contributed by atoms with Crippen molar-refractivity contribution in [3.8, 4) is 45.6 Å². The number of pyridine rings is 4. The van der Waals surface area contributed by atoms with Crippen molar-refractivity contribution >= 4 is 52.2 Å². The van der Waals surface area contributed by atoms with E-state index in [1.54, 1.807) is 68.0 Å². The smallest absolute Gasteiger partial charge is 0.228 e. The molecule has 37 heteroatoms. The highest BCUT2D eigenvalue weighted by Crippen LogP contribution is 2.34. The molecule has 0 saturated carbocycles. The Kier molecular flexibility index (Phi) is 29.8. The van der Waals surface area contributed by atoms with Crippen LogP contribution in [-0.2, 0) is 56.2 Å². The van der Waals surface area contributed by atoms with Crippen LogP contribution in [0.15, 0.2) is 149 Å². The molecule has 0 amide bonds. The van der Waals surface area contributed by atoms with Crippen LogP contribution in [0.25, 0.3) is 68.1 Å². The molecule has 20 rings (SSSR count). The maximum Gasteiger partial charge on any atom is 0.228 e. The van der Waals surface area contributed by atoms with Gasteiger partial charge in [0.1, 0.15) is 48.6 Å². The van der Waals surface area contributed by atoms with E-state index < -0.39 is 29.3 Å². The zero-order chi connectivity index (χ0) is 83.5. The molecule has 0 saturated heterocycles. The Balaban J connectivity index is 0.000000162. The van der Waals surface area contributed by atoms with E-state index in [0.717, 1.165) is 131 Å². The fourth-order valence-corrected chi connectivity index (χ4v) is 15.1. The molecule has 16 aromatic rings. The molecule has 4 atom stereocenters. The Hall–Kier alpha value is -14.3. The van der Waals surface area contributed by atoms with E-state index >= 15 is 0 Å². The maximum atomic E-state index is 13.8. The minimum Gasteiger partial charge on any atom is -0.351 e. The zero-order valence-electron chi connectivity index (χ0n) is 67.2. The van der Waals surface area contributed by atoms with E-state index in [4.69, 9.17) is 0 Å². The average Bonchev–Trinajstić information content (AvgIpc) is 1.67. The van der Waals surface area contributed by atoms with Gasteiger partial charge in [0.2, 0.25) is 23.8 Å². The van der Waals surface area contributed by atoms with Gasteiger partial charge >= 0.3 is 0 Å². The molecular formula is C90H106F4N32O. The quantitative estimate of drug-likeness (QED) is 0.0653. The number of halogens is 4. The van der Waals surface area contributed by atoms with Gasteiger partial charge in [-0.2, -0.15) is 58.4 Å². The van der Waals surface area contributed by atoms with Gasteiger partial charge in [-0.15, -0.1) is 0 Å². The number of hydrogen-bond donors (Lipinski definition) is 4. The summed E-state index contributed by atoms with van der Waals surface area (Å²) in [6.45, 7) is 16.6. The standard InChI is InChI=1S/C21H19FN8O.3C21H21FN8.6CH4/c1-11(2)15-9-26-30-20(15)28-19(13-3-14(22)8-23-7-13)29-21(30)27-17-4-12-6-24-10-25-16(12)5-18(17)31;3*1-12(2)17-10-26-30-20(17)28-19(14-5-15(22)9-23-8-14)29-21(30)27-16-3-4-18-13(6-16)7-24-11-25-18;;;;;;/h3,6-11,17H,4-5H2,1-2H3,(H,27,28,29);3*5,7-12,16H,3-4,6H2,1-2H3,(H,27,28,29);6*1H4/t;2*16-;;;;;;;/m.10......./s1. The van der Waals surface area contributed by atoms with Gasteiger partial charge in [0.25, 0.3) is 0 Å². The largest absolute Gasteiger partial charge is 0.351 e. The fraction of sp³-hybridized carbons (Fsp3) is 0.367. The number of nitrogens with one attached hydrogen (secondary N) is 4. The summed E-state index contributed by atoms with van der Waals surface area (Å²) in [5, 5.41) is 31.8. The molecule has 4 aliphatic carbocycles. The molecule has 4 N–H and O–H groups in total. The number of ketones is 1. The average molecular weight is 1730 g/mol. The zero-order valence-corrected chi connectivity index (χ0v) is 67.2. The Labute approximate surface area is 733 Å². The SMILES string of the molecule is C.C.C.C.C.C.CC(C)c1cnn2c(NC3CCc4ncncc4C3)nc(-c3cncc(F)c3)nc12.CC(C)c1cnn2c(NC3Cc4cncnc4CC3=O)nc(-c3cncc(F)c3)nc12.CC(C)c1cnn2c(N[C@@H]3CCc4ncncc4C3)nc(-c3cncc(F)c3)nc12.CC(C)c1cnn2c(N[C@H]3CCc4ncncc4C3)nc(-c3cncc(F)c3)nc12. The van der Waals surface area contributed by atoms with Gasteiger partial charge in [-0.05, 0) is 128 Å². The summed E-state index contributed by atoms with van der Waals surface area (Å²) < 4.78 is 61.8. The third kappa shape index (κ3) is 20.4. The van der Waals surface area contributed by atoms with Crippen molar-refractivity contribution in [2.45, 2.75) is 218 Å². The molecule has 0 fully saturated rings. The van der Waals surface area contributed by atoms with Crippen LogP contribution in [0.3, 0.4) is 0 Å². The van der Waals surface area contributed by atoms with E-state index in [-0.39, 0.29) is 98.6 Å². The number of nitrogens with zero attached hydrogens (tertiary/aromatic N) is 28. The van der Waals surface area contributed by atoms with E-state index in [2.05, 4.69) is 183 Å². The van der Waals surface area contributed by atoms with E-state index in [0.29, 0.717) is 98.4 Å². The normalized spacial score (nSPS) is 15.3. The van der Waals surface area contributed by atoms with E-state index in [9.17, 15) is 22.4 Å². The summed E-state index contributed by atoms with van der Waals surface area (Å²) in [7, 11) is 0. The van der Waals surface area contributed by atoms with Crippen molar-refractivity contribution < 1.29 is 22.4 Å². The summed E-state index contributed by atoms with van der Waals surface area (Å²) >= 11 is 0. The summed E-state index contributed by atoms with van der Waals surface area (Å²) in [5.74, 6) is 2.78. The Morgan fingerprint density at radius 3 is 0.843 bits per heavy atom. The lowest BCUT2D eigenvalue weighted by atomic mass is 9.92. The number of aryl methyl sites for hydroxylation is 3. The molecular weight excluding hydrogens is 1620 g/mol. The number of carbonyl (C=O) groups excluding carboxylic acids is 1. The summed E-state index contributed by atoms with van der Waals surface area (Å²) in [6, 6.07) is 5.46. The van der Waals surface area contributed by atoms with Crippen molar-refractivity contribution in [3.05, 3.63) is 239 Å². The second-order valence-corrected chi connectivity index (χ2v) is 31.3. The highest BCUT2D eigenvalue weighted by Gasteiger charge is 2.32. The predicted octanol–water partition coefficient (Wildman–Crippen LogP) is 15.8. The highest BCUT2D eigenvalue weighted by molar-refractivity contribution is 5.90. The first kappa shape index (κ1) is 93.4. The first-order valence-electron chi connectivity index (χ1n) is 39.9. The van der Waals surface area contributed by atoms with Gasteiger partial charge in [0.05, 0.1) is 67.7 Å². The lowest BCUT2D eigenvalue weighted by Gasteiger charge is -2.25. The number of aromatic nitrogens is 28. The number of carbonyl (C=O) groups is 1. The van der Waals surface area contributed by atoms with Crippen LogP contribution in [0.1, 0.15) is 210 Å².